The molecule has 1 aromatic carbocycles. The lowest BCUT2D eigenvalue weighted by molar-refractivity contribution is 0.102. The van der Waals surface area contributed by atoms with E-state index >= 15 is 0 Å². The maximum absolute atomic E-state index is 14.6. The van der Waals surface area contributed by atoms with Gasteiger partial charge in [-0.25, -0.2) is 18.7 Å². The Morgan fingerprint density at radius 1 is 1.12 bits per heavy atom. The lowest BCUT2D eigenvalue weighted by Crippen LogP contribution is -2.24. The molecule has 0 atom stereocenters. The summed E-state index contributed by atoms with van der Waals surface area (Å²) in [6, 6.07) is 6.93. The normalized spacial score (nSPS) is 17.5. The summed E-state index contributed by atoms with van der Waals surface area (Å²) in [6.07, 6.45) is 5.56. The van der Waals surface area contributed by atoms with Crippen LogP contribution in [-0.4, -0.2) is 20.9 Å². The molecule has 32 heavy (non-hydrogen) atoms. The van der Waals surface area contributed by atoms with E-state index in [-0.39, 0.29) is 28.9 Å². The number of anilines is 1. The summed E-state index contributed by atoms with van der Waals surface area (Å²) in [5.74, 6) is -1.11. The molecule has 162 valence electrons. The van der Waals surface area contributed by atoms with Crippen molar-refractivity contribution in [2.75, 3.05) is 5.32 Å². The molecule has 0 bridgehead atoms. The van der Waals surface area contributed by atoms with E-state index in [1.807, 2.05) is 13.8 Å². The number of nitrogens with zero attached hydrogens (tertiary/aromatic N) is 4. The Labute approximate surface area is 184 Å². The summed E-state index contributed by atoms with van der Waals surface area (Å²) in [7, 11) is 0. The highest BCUT2D eigenvalue weighted by Gasteiger charge is 2.34. The Morgan fingerprint density at radius 3 is 2.50 bits per heavy atom. The zero-order valence-corrected chi connectivity index (χ0v) is 17.6. The van der Waals surface area contributed by atoms with E-state index in [2.05, 4.69) is 26.3 Å². The monoisotopic (exact) mass is 433 g/mol. The highest BCUT2D eigenvalue weighted by molar-refractivity contribution is 6.06. The molecule has 1 fully saturated rings. The Balaban J connectivity index is 1.75. The Kier molecular flexibility index (Phi) is 5.91. The average molecular weight is 433 g/mol. The van der Waals surface area contributed by atoms with Crippen molar-refractivity contribution in [3.63, 3.8) is 0 Å². The van der Waals surface area contributed by atoms with Crippen molar-refractivity contribution < 1.29 is 13.6 Å². The summed E-state index contributed by atoms with van der Waals surface area (Å²) in [6.45, 7) is 3.90. The molecule has 1 amide bonds. The van der Waals surface area contributed by atoms with Crippen molar-refractivity contribution in [1.82, 2.24) is 15.0 Å². The first kappa shape index (κ1) is 21.5. The summed E-state index contributed by atoms with van der Waals surface area (Å²) < 4.78 is 28.5. The van der Waals surface area contributed by atoms with Gasteiger partial charge in [-0.2, -0.15) is 5.26 Å². The van der Waals surface area contributed by atoms with Crippen LogP contribution in [0.3, 0.4) is 0 Å². The van der Waals surface area contributed by atoms with E-state index in [0.717, 1.165) is 18.2 Å². The van der Waals surface area contributed by atoms with Gasteiger partial charge in [0.2, 0.25) is 0 Å². The number of aromatic nitrogens is 3. The summed E-state index contributed by atoms with van der Waals surface area (Å²) in [4.78, 5) is 25.9. The first-order valence-electron chi connectivity index (χ1n) is 10.3. The molecule has 1 saturated carbocycles. The Bertz CT molecular complexity index is 1200. The number of amides is 1. The molecule has 4 rings (SSSR count). The number of carbonyl (C=O) groups excluding carboxylic acids is 1. The maximum Gasteiger partial charge on any atom is 0.258 e. The van der Waals surface area contributed by atoms with Crippen LogP contribution in [0, 0.1) is 28.9 Å². The fraction of sp³-hybridized carbons (Fsp3) is 0.292. The van der Waals surface area contributed by atoms with Gasteiger partial charge in [-0.1, -0.05) is 13.8 Å². The van der Waals surface area contributed by atoms with Gasteiger partial charge in [0, 0.05) is 47.5 Å². The van der Waals surface area contributed by atoms with E-state index < -0.39 is 17.5 Å². The smallest absolute Gasteiger partial charge is 0.258 e. The number of rotatable bonds is 5. The van der Waals surface area contributed by atoms with Crippen LogP contribution in [0.25, 0.3) is 11.1 Å². The third kappa shape index (κ3) is 4.19. The van der Waals surface area contributed by atoms with Gasteiger partial charge in [0.15, 0.2) is 0 Å². The minimum absolute atomic E-state index is 0.0199. The maximum atomic E-state index is 14.6. The van der Waals surface area contributed by atoms with Crippen LogP contribution in [-0.2, 0) is 0 Å². The number of nitriles is 1. The molecule has 0 spiro atoms. The van der Waals surface area contributed by atoms with Gasteiger partial charge in [0.25, 0.3) is 5.91 Å². The molecule has 1 aliphatic rings. The quantitative estimate of drug-likeness (QED) is 0.596. The van der Waals surface area contributed by atoms with Crippen molar-refractivity contribution in [2.45, 2.75) is 38.5 Å². The van der Waals surface area contributed by atoms with Crippen LogP contribution in [0.5, 0.6) is 0 Å². The number of benzene rings is 1. The van der Waals surface area contributed by atoms with Crippen LogP contribution in [0.15, 0.2) is 42.9 Å². The van der Waals surface area contributed by atoms with E-state index in [4.69, 9.17) is 5.26 Å². The molecule has 3 aromatic rings. The molecule has 6 nitrogen and oxygen atoms in total. The molecular weight excluding hydrogens is 412 g/mol. The summed E-state index contributed by atoms with van der Waals surface area (Å²) >= 11 is 0. The second-order valence-corrected chi connectivity index (χ2v) is 8.18. The number of nitrogens with one attached hydrogen (secondary N) is 1. The van der Waals surface area contributed by atoms with Gasteiger partial charge in [-0.3, -0.25) is 9.78 Å². The van der Waals surface area contributed by atoms with Crippen LogP contribution in [0.1, 0.15) is 60.4 Å². The average Bonchev–Trinajstić information content (AvgIpc) is 2.75. The molecule has 1 aliphatic carbocycles. The van der Waals surface area contributed by atoms with Gasteiger partial charge in [0.1, 0.15) is 17.5 Å². The summed E-state index contributed by atoms with van der Waals surface area (Å²) in [5.41, 5.74) is 1.42. The number of pyridine rings is 1. The lowest BCUT2D eigenvalue weighted by Gasteiger charge is -2.32. The second-order valence-electron chi connectivity index (χ2n) is 8.18. The van der Waals surface area contributed by atoms with E-state index in [1.165, 1.54) is 24.7 Å². The van der Waals surface area contributed by atoms with Crippen molar-refractivity contribution in [3.05, 3.63) is 71.6 Å². The molecule has 1 N–H and O–H groups in total. The van der Waals surface area contributed by atoms with E-state index in [9.17, 15) is 13.6 Å². The Hall–Kier alpha value is -3.73. The van der Waals surface area contributed by atoms with Crippen LogP contribution in [0.2, 0.25) is 0 Å². The van der Waals surface area contributed by atoms with Gasteiger partial charge in [-0.15, -0.1) is 0 Å². The standard InChI is InChI=1S/C24H21F2N5O/c1-13(2)23-29-11-16(12-30-23)24(32)31-22-18(19-9-17(25)3-4-20(19)26)5-6-28-21(22)15-7-14(8-15)10-27/h3-6,9,11-15H,7-8H2,1-2H3,(H,31,32). The molecule has 2 aromatic heterocycles. The molecule has 0 aliphatic heterocycles. The van der Waals surface area contributed by atoms with Crippen LogP contribution < -0.4 is 5.32 Å². The predicted molar refractivity (Wildman–Crippen MR) is 115 cm³/mol. The van der Waals surface area contributed by atoms with Crippen molar-refractivity contribution in [2.24, 2.45) is 5.92 Å². The molecule has 8 heteroatoms. The zero-order chi connectivity index (χ0) is 22.8. The zero-order valence-electron chi connectivity index (χ0n) is 17.6. The van der Waals surface area contributed by atoms with Crippen LogP contribution in [0.4, 0.5) is 14.5 Å². The third-order valence-electron chi connectivity index (χ3n) is 5.60. The van der Waals surface area contributed by atoms with Crippen molar-refractivity contribution >= 4 is 11.6 Å². The molecule has 0 unspecified atom stereocenters. The van der Waals surface area contributed by atoms with Gasteiger partial charge >= 0.3 is 0 Å². The third-order valence-corrected chi connectivity index (χ3v) is 5.60. The highest BCUT2D eigenvalue weighted by Crippen LogP contribution is 2.45. The minimum atomic E-state index is -0.618. The second kappa shape index (κ2) is 8.79. The first-order valence-corrected chi connectivity index (χ1v) is 10.3. The lowest BCUT2D eigenvalue weighted by atomic mass is 9.73. The van der Waals surface area contributed by atoms with Crippen LogP contribution >= 0.6 is 0 Å². The molecule has 0 radical (unpaired) electrons. The first-order chi connectivity index (χ1) is 15.4. The molecule has 2 heterocycles. The van der Waals surface area contributed by atoms with Gasteiger partial charge in [0.05, 0.1) is 23.0 Å². The SMILES string of the molecule is CC(C)c1ncc(C(=O)Nc2c(-c3cc(F)ccc3F)ccnc2C2CC(C#N)C2)cn1. The number of hydrogen-bond acceptors (Lipinski definition) is 5. The van der Waals surface area contributed by atoms with Crippen molar-refractivity contribution in [3.8, 4) is 17.2 Å². The predicted octanol–water partition coefficient (Wildman–Crippen LogP) is 5.21. The molecule has 0 saturated heterocycles. The molecular formula is C24H21F2N5O. The topological polar surface area (TPSA) is 91.6 Å². The largest absolute Gasteiger partial charge is 0.320 e. The highest BCUT2D eigenvalue weighted by atomic mass is 19.1. The van der Waals surface area contributed by atoms with Crippen molar-refractivity contribution in [1.29, 1.82) is 5.26 Å². The van der Waals surface area contributed by atoms with E-state index in [1.54, 1.807) is 0 Å². The number of hydrogen-bond donors (Lipinski definition) is 1. The number of halogens is 2. The Morgan fingerprint density at radius 2 is 1.84 bits per heavy atom. The van der Waals surface area contributed by atoms with Gasteiger partial charge < -0.3 is 5.32 Å². The fourth-order valence-corrected chi connectivity index (χ4v) is 3.73. The van der Waals surface area contributed by atoms with E-state index in [0.29, 0.717) is 35.6 Å². The fourth-order valence-electron chi connectivity index (χ4n) is 3.73. The minimum Gasteiger partial charge on any atom is -0.320 e. The van der Waals surface area contributed by atoms with Gasteiger partial charge in [-0.05, 0) is 37.1 Å². The summed E-state index contributed by atoms with van der Waals surface area (Å²) in [5, 5.41) is 11.9. The number of carbonyl (C=O) groups is 1.